The van der Waals surface area contributed by atoms with E-state index in [2.05, 4.69) is 15.2 Å². The van der Waals surface area contributed by atoms with Gasteiger partial charge in [0.1, 0.15) is 12.2 Å². The summed E-state index contributed by atoms with van der Waals surface area (Å²) in [6.07, 6.45) is -9.59. The van der Waals surface area contributed by atoms with Crippen LogP contribution in [0.3, 0.4) is 0 Å². The zero-order valence-electron chi connectivity index (χ0n) is 19.4. The minimum atomic E-state index is -5.00. The fraction of sp³-hybridized carbons (Fsp3) is 0.273. The maximum atomic E-state index is 14.4. The molecule has 16 heteroatoms. The Morgan fingerprint density at radius 1 is 1.13 bits per heavy atom. The lowest BCUT2D eigenvalue weighted by molar-refractivity contribution is -0.384. The van der Waals surface area contributed by atoms with Gasteiger partial charge in [-0.15, -0.1) is 10.2 Å². The summed E-state index contributed by atoms with van der Waals surface area (Å²) in [5, 5.41) is 29.6. The third kappa shape index (κ3) is 5.43. The predicted octanol–water partition coefficient (Wildman–Crippen LogP) is 3.86. The molecule has 200 valence electrons. The molecule has 0 radical (unpaired) electrons. The van der Waals surface area contributed by atoms with Gasteiger partial charge < -0.3 is 5.11 Å². The quantitative estimate of drug-likeness (QED) is 0.198. The number of hydrogen-bond donors (Lipinski definition) is 1. The summed E-state index contributed by atoms with van der Waals surface area (Å²) in [6, 6.07) is 11.2. The van der Waals surface area contributed by atoms with Gasteiger partial charge in [0.15, 0.2) is 29.7 Å². The Morgan fingerprint density at radius 3 is 2.39 bits per heavy atom. The van der Waals surface area contributed by atoms with Gasteiger partial charge in [0.25, 0.3) is 5.69 Å². The molecule has 2 atom stereocenters. The number of benzene rings is 2. The summed E-state index contributed by atoms with van der Waals surface area (Å²) in [4.78, 5) is 27.9. The molecule has 1 unspecified atom stereocenters. The van der Waals surface area contributed by atoms with Gasteiger partial charge >= 0.3 is 11.9 Å². The Balaban J connectivity index is 1.79. The van der Waals surface area contributed by atoms with E-state index in [1.54, 1.807) is 0 Å². The van der Waals surface area contributed by atoms with Crippen LogP contribution < -0.4 is 5.69 Å². The number of hydrogen-bond acceptors (Lipinski definition) is 7. The molecule has 0 amide bonds. The molecule has 1 N–H and O–H groups in total. The highest BCUT2D eigenvalue weighted by molar-refractivity contribution is 6.30. The number of para-hydroxylation sites is 2. The van der Waals surface area contributed by atoms with Crippen molar-refractivity contribution in [2.45, 2.75) is 38.5 Å². The molecular formula is C22H18ClF4N7O4. The molecule has 0 fully saturated rings. The topological polar surface area (TPSA) is 134 Å². The van der Waals surface area contributed by atoms with E-state index in [-0.39, 0.29) is 34.4 Å². The molecule has 0 saturated heterocycles. The van der Waals surface area contributed by atoms with Gasteiger partial charge in [-0.1, -0.05) is 23.7 Å². The second kappa shape index (κ2) is 10.3. The van der Waals surface area contributed by atoms with Crippen molar-refractivity contribution in [3.63, 3.8) is 0 Å². The minimum absolute atomic E-state index is 0.0798. The van der Waals surface area contributed by atoms with E-state index in [9.17, 15) is 37.6 Å². The summed E-state index contributed by atoms with van der Waals surface area (Å²) in [6.45, 7) is -0.524. The molecule has 38 heavy (non-hydrogen) atoms. The Hall–Kier alpha value is -4.11. The van der Waals surface area contributed by atoms with Gasteiger partial charge in [-0.2, -0.15) is 13.2 Å². The lowest BCUT2D eigenvalue weighted by atomic mass is 10.2. The van der Waals surface area contributed by atoms with E-state index in [0.717, 1.165) is 16.3 Å². The third-order valence-corrected chi connectivity index (χ3v) is 5.64. The van der Waals surface area contributed by atoms with Gasteiger partial charge in [-0.05, 0) is 37.3 Å². The molecule has 2 aromatic carbocycles. The normalized spacial score (nSPS) is 13.4. The van der Waals surface area contributed by atoms with Crippen LogP contribution in [0.5, 0.6) is 0 Å². The SMILES string of the molecule is CC(F)c1nc(Cn2nc(-c3ccc(Cl)cc3)n(C[C@H](O)C(F)(F)F)c2=O)nn1-c1ccccc1[N+](=O)[O-]. The fourth-order valence-electron chi connectivity index (χ4n) is 3.60. The number of nitrogens with zero attached hydrogens (tertiary/aromatic N) is 7. The van der Waals surface area contributed by atoms with Gasteiger partial charge in [0.2, 0.25) is 0 Å². The van der Waals surface area contributed by atoms with Crippen LogP contribution in [0.15, 0.2) is 53.3 Å². The van der Waals surface area contributed by atoms with Crippen molar-refractivity contribution in [3.05, 3.63) is 85.8 Å². The van der Waals surface area contributed by atoms with Crippen molar-refractivity contribution in [1.29, 1.82) is 0 Å². The molecule has 0 spiro atoms. The van der Waals surface area contributed by atoms with Crippen LogP contribution in [0, 0.1) is 10.1 Å². The number of rotatable bonds is 8. The molecule has 4 aromatic rings. The van der Waals surface area contributed by atoms with Crippen LogP contribution in [-0.4, -0.2) is 51.4 Å². The number of aliphatic hydroxyl groups excluding tert-OH is 1. The van der Waals surface area contributed by atoms with Crippen LogP contribution in [0.2, 0.25) is 5.02 Å². The van der Waals surface area contributed by atoms with Crippen molar-refractivity contribution in [1.82, 2.24) is 29.1 Å². The van der Waals surface area contributed by atoms with Crippen molar-refractivity contribution in [2.75, 3.05) is 0 Å². The largest absolute Gasteiger partial charge is 0.416 e. The molecule has 11 nitrogen and oxygen atoms in total. The minimum Gasteiger partial charge on any atom is -0.382 e. The first-order valence-electron chi connectivity index (χ1n) is 10.9. The zero-order valence-corrected chi connectivity index (χ0v) is 20.1. The second-order valence-corrected chi connectivity index (χ2v) is 8.54. The highest BCUT2D eigenvalue weighted by atomic mass is 35.5. The summed E-state index contributed by atoms with van der Waals surface area (Å²) in [7, 11) is 0. The van der Waals surface area contributed by atoms with E-state index in [0.29, 0.717) is 9.59 Å². The molecule has 0 aliphatic rings. The summed E-state index contributed by atoms with van der Waals surface area (Å²) in [5.41, 5.74) is -1.26. The highest BCUT2D eigenvalue weighted by Gasteiger charge is 2.39. The maximum absolute atomic E-state index is 14.4. The smallest absolute Gasteiger partial charge is 0.382 e. The number of halogens is 5. The van der Waals surface area contributed by atoms with Gasteiger partial charge in [0.05, 0.1) is 11.5 Å². The van der Waals surface area contributed by atoms with Crippen molar-refractivity contribution in [2.24, 2.45) is 0 Å². The van der Waals surface area contributed by atoms with Gasteiger partial charge in [-0.3, -0.25) is 14.7 Å². The molecular weight excluding hydrogens is 538 g/mol. The van der Waals surface area contributed by atoms with Crippen molar-refractivity contribution < 1.29 is 27.6 Å². The first-order valence-corrected chi connectivity index (χ1v) is 11.3. The number of aliphatic hydroxyl groups is 1. The highest BCUT2D eigenvalue weighted by Crippen LogP contribution is 2.27. The van der Waals surface area contributed by atoms with Crippen LogP contribution in [-0.2, 0) is 13.1 Å². The molecule has 4 rings (SSSR count). The number of nitro groups is 1. The van der Waals surface area contributed by atoms with Gasteiger partial charge in [0, 0.05) is 16.7 Å². The lowest BCUT2D eigenvalue weighted by Gasteiger charge is -2.15. The van der Waals surface area contributed by atoms with E-state index >= 15 is 0 Å². The first-order chi connectivity index (χ1) is 17.9. The standard InChI is InChI=1S/C22H18ClF4N7O4/c1-12(24)19-28-18(29-33(19)15-4-2-3-5-16(15)34(37)38)11-32-21(36)31(10-17(35)22(25,26)27)20(30-32)13-6-8-14(23)9-7-13/h2-9,12,17,35H,10-11H2,1H3/t12?,17-/m0/s1. The average molecular weight is 556 g/mol. The first kappa shape index (κ1) is 26.9. The Labute approximate surface area is 215 Å². The zero-order chi connectivity index (χ0) is 27.8. The number of nitro benzene ring substituents is 1. The Morgan fingerprint density at radius 2 is 1.79 bits per heavy atom. The molecule has 2 aromatic heterocycles. The predicted molar refractivity (Wildman–Crippen MR) is 126 cm³/mol. The average Bonchev–Trinajstić information content (AvgIpc) is 3.41. The Bertz CT molecular complexity index is 1530. The monoisotopic (exact) mass is 555 g/mol. The third-order valence-electron chi connectivity index (χ3n) is 5.39. The van der Waals surface area contributed by atoms with E-state index in [4.69, 9.17) is 11.6 Å². The molecule has 0 aliphatic carbocycles. The van der Waals surface area contributed by atoms with Gasteiger partial charge in [-0.25, -0.2) is 23.5 Å². The fourth-order valence-corrected chi connectivity index (χ4v) is 3.73. The van der Waals surface area contributed by atoms with E-state index in [1.807, 2.05) is 0 Å². The van der Waals surface area contributed by atoms with Crippen molar-refractivity contribution >= 4 is 17.3 Å². The van der Waals surface area contributed by atoms with Crippen LogP contribution in [0.1, 0.15) is 24.7 Å². The summed E-state index contributed by atoms with van der Waals surface area (Å²) >= 11 is 5.88. The molecule has 0 bridgehead atoms. The number of aromatic nitrogens is 6. The van der Waals surface area contributed by atoms with Crippen LogP contribution in [0.4, 0.5) is 23.2 Å². The lowest BCUT2D eigenvalue weighted by Crippen LogP contribution is -2.37. The maximum Gasteiger partial charge on any atom is 0.416 e. The second-order valence-electron chi connectivity index (χ2n) is 8.10. The van der Waals surface area contributed by atoms with Crippen LogP contribution >= 0.6 is 11.6 Å². The summed E-state index contributed by atoms with van der Waals surface area (Å²) in [5.74, 6) is -0.687. The number of alkyl halides is 4. The Kier molecular flexibility index (Phi) is 7.33. The molecule has 2 heterocycles. The van der Waals surface area contributed by atoms with E-state index < -0.39 is 42.2 Å². The van der Waals surface area contributed by atoms with Crippen molar-refractivity contribution in [3.8, 4) is 17.1 Å². The van der Waals surface area contributed by atoms with Crippen LogP contribution in [0.25, 0.3) is 17.1 Å². The summed E-state index contributed by atoms with van der Waals surface area (Å²) < 4.78 is 55.9. The van der Waals surface area contributed by atoms with E-state index in [1.165, 1.54) is 48.5 Å². The molecule has 0 aliphatic heterocycles. The molecule has 0 saturated carbocycles.